The predicted molar refractivity (Wildman–Crippen MR) is 96.1 cm³/mol. The first-order valence-electron chi connectivity index (χ1n) is 8.82. The Balaban J connectivity index is 1.67. The van der Waals surface area contributed by atoms with Gasteiger partial charge < -0.3 is 5.73 Å². The van der Waals surface area contributed by atoms with Crippen LogP contribution in [0.15, 0.2) is 36.4 Å². The van der Waals surface area contributed by atoms with Crippen LogP contribution in [-0.4, -0.2) is 29.8 Å². The highest BCUT2D eigenvalue weighted by molar-refractivity contribution is 6.25. The minimum atomic E-state index is -0.160. The average molecular weight is 324 g/mol. The number of unbranched alkanes of at least 4 members (excludes halogenated alkanes) is 5. The zero-order valence-corrected chi connectivity index (χ0v) is 14.0. The molecule has 2 aromatic carbocycles. The van der Waals surface area contributed by atoms with Crippen molar-refractivity contribution in [2.45, 2.75) is 38.5 Å². The SMILES string of the molecule is NCCCCCCCCN1C(=O)c2cccc3cccc(c23)C1=O. The molecule has 24 heavy (non-hydrogen) atoms. The van der Waals surface area contributed by atoms with Crippen molar-refractivity contribution in [3.05, 3.63) is 47.5 Å². The molecule has 0 aliphatic carbocycles. The number of hydrogen-bond acceptors (Lipinski definition) is 3. The van der Waals surface area contributed by atoms with Gasteiger partial charge in [-0.1, -0.05) is 49.9 Å². The van der Waals surface area contributed by atoms with Crippen LogP contribution in [0.4, 0.5) is 0 Å². The van der Waals surface area contributed by atoms with E-state index in [0.717, 1.165) is 49.4 Å². The van der Waals surface area contributed by atoms with Crippen LogP contribution < -0.4 is 5.73 Å². The van der Waals surface area contributed by atoms with Crippen LogP contribution in [0, 0.1) is 0 Å². The molecule has 126 valence electrons. The maximum Gasteiger partial charge on any atom is 0.261 e. The molecule has 2 amide bonds. The minimum Gasteiger partial charge on any atom is -0.330 e. The van der Waals surface area contributed by atoms with Crippen molar-refractivity contribution < 1.29 is 9.59 Å². The first-order chi connectivity index (χ1) is 11.7. The second-order valence-corrected chi connectivity index (χ2v) is 6.38. The summed E-state index contributed by atoms with van der Waals surface area (Å²) in [4.78, 5) is 26.8. The molecule has 1 aliphatic rings. The molecule has 0 fully saturated rings. The van der Waals surface area contributed by atoms with Crippen molar-refractivity contribution in [1.82, 2.24) is 4.90 Å². The van der Waals surface area contributed by atoms with Crippen molar-refractivity contribution in [1.29, 1.82) is 0 Å². The van der Waals surface area contributed by atoms with Crippen LogP contribution in [0.5, 0.6) is 0 Å². The van der Waals surface area contributed by atoms with Gasteiger partial charge in [0, 0.05) is 23.1 Å². The van der Waals surface area contributed by atoms with Crippen LogP contribution in [0.3, 0.4) is 0 Å². The van der Waals surface area contributed by atoms with E-state index in [1.54, 1.807) is 0 Å². The number of nitrogens with two attached hydrogens (primary N) is 1. The molecule has 0 saturated heterocycles. The van der Waals surface area contributed by atoms with E-state index >= 15 is 0 Å². The Labute approximate surface area is 142 Å². The first-order valence-corrected chi connectivity index (χ1v) is 8.82. The molecule has 2 aromatic rings. The summed E-state index contributed by atoms with van der Waals surface area (Å²) in [5.41, 5.74) is 6.77. The zero-order chi connectivity index (χ0) is 16.9. The van der Waals surface area contributed by atoms with Gasteiger partial charge in [-0.3, -0.25) is 14.5 Å². The minimum absolute atomic E-state index is 0.160. The van der Waals surface area contributed by atoms with Gasteiger partial charge in [-0.05, 0) is 36.9 Å². The second kappa shape index (κ2) is 7.58. The van der Waals surface area contributed by atoms with Crippen LogP contribution >= 0.6 is 0 Å². The van der Waals surface area contributed by atoms with Gasteiger partial charge in [-0.25, -0.2) is 0 Å². The normalized spacial score (nSPS) is 13.8. The highest BCUT2D eigenvalue weighted by Crippen LogP contribution is 2.30. The Bertz CT molecular complexity index is 704. The molecule has 4 nitrogen and oxygen atoms in total. The van der Waals surface area contributed by atoms with Crippen LogP contribution in [-0.2, 0) is 0 Å². The number of hydrogen-bond donors (Lipinski definition) is 1. The Morgan fingerprint density at radius 3 is 1.88 bits per heavy atom. The number of amides is 2. The maximum absolute atomic E-state index is 12.7. The van der Waals surface area contributed by atoms with E-state index in [2.05, 4.69) is 0 Å². The van der Waals surface area contributed by atoms with Gasteiger partial charge in [0.05, 0.1) is 0 Å². The lowest BCUT2D eigenvalue weighted by atomic mass is 9.94. The standard InChI is InChI=1S/C20H24N2O2/c21-13-5-3-1-2-4-6-14-22-19(23)16-11-7-9-15-10-8-12-17(18(15)16)20(22)24/h7-12H,1-6,13-14,21H2. The largest absolute Gasteiger partial charge is 0.330 e. The Morgan fingerprint density at radius 1 is 0.750 bits per heavy atom. The molecule has 0 radical (unpaired) electrons. The van der Waals surface area contributed by atoms with Gasteiger partial charge in [0.1, 0.15) is 0 Å². The van der Waals surface area contributed by atoms with E-state index in [4.69, 9.17) is 5.73 Å². The zero-order valence-electron chi connectivity index (χ0n) is 14.0. The maximum atomic E-state index is 12.7. The first kappa shape index (κ1) is 16.7. The van der Waals surface area contributed by atoms with Crippen molar-refractivity contribution in [3.63, 3.8) is 0 Å². The summed E-state index contributed by atoms with van der Waals surface area (Å²) >= 11 is 0. The molecule has 4 heteroatoms. The fraction of sp³-hybridized carbons (Fsp3) is 0.400. The van der Waals surface area contributed by atoms with E-state index < -0.39 is 0 Å². The van der Waals surface area contributed by atoms with Crippen LogP contribution in [0.2, 0.25) is 0 Å². The summed E-state index contributed by atoms with van der Waals surface area (Å²) in [6, 6.07) is 11.3. The molecular weight excluding hydrogens is 300 g/mol. The molecule has 0 aromatic heterocycles. The molecule has 1 aliphatic heterocycles. The third-order valence-corrected chi connectivity index (χ3v) is 4.69. The van der Waals surface area contributed by atoms with Crippen LogP contribution in [0.1, 0.15) is 59.2 Å². The lowest BCUT2D eigenvalue weighted by molar-refractivity contribution is 0.0607. The fourth-order valence-electron chi connectivity index (χ4n) is 3.40. The number of nitrogens with zero attached hydrogens (tertiary/aromatic N) is 1. The van der Waals surface area contributed by atoms with E-state index in [9.17, 15) is 9.59 Å². The van der Waals surface area contributed by atoms with E-state index in [-0.39, 0.29) is 11.8 Å². The predicted octanol–water partition coefficient (Wildman–Crippen LogP) is 3.74. The number of rotatable bonds is 8. The smallest absolute Gasteiger partial charge is 0.261 e. The van der Waals surface area contributed by atoms with Gasteiger partial charge >= 0.3 is 0 Å². The van der Waals surface area contributed by atoms with Crippen molar-refractivity contribution in [2.24, 2.45) is 5.73 Å². The second-order valence-electron chi connectivity index (χ2n) is 6.38. The van der Waals surface area contributed by atoms with Crippen molar-refractivity contribution in [2.75, 3.05) is 13.1 Å². The topological polar surface area (TPSA) is 63.4 Å². The highest BCUT2D eigenvalue weighted by Gasteiger charge is 2.31. The average Bonchev–Trinajstić information content (AvgIpc) is 2.61. The van der Waals surface area contributed by atoms with Gasteiger partial charge in [0.2, 0.25) is 0 Å². The molecule has 1 heterocycles. The summed E-state index contributed by atoms with van der Waals surface area (Å²) in [5.74, 6) is -0.320. The lowest BCUT2D eigenvalue weighted by Gasteiger charge is -2.27. The molecule has 0 saturated carbocycles. The molecule has 0 atom stereocenters. The molecular formula is C20H24N2O2. The number of benzene rings is 2. The van der Waals surface area contributed by atoms with E-state index in [0.29, 0.717) is 17.7 Å². The fourth-order valence-corrected chi connectivity index (χ4v) is 3.40. The molecule has 2 N–H and O–H groups in total. The Kier molecular flexibility index (Phi) is 5.26. The molecule has 0 bridgehead atoms. The summed E-state index contributed by atoms with van der Waals surface area (Å²) in [5, 5.41) is 1.75. The summed E-state index contributed by atoms with van der Waals surface area (Å²) in [7, 11) is 0. The third-order valence-electron chi connectivity index (χ3n) is 4.69. The lowest BCUT2D eigenvalue weighted by Crippen LogP contribution is -2.40. The third kappa shape index (κ3) is 3.20. The Hall–Kier alpha value is -2.20. The van der Waals surface area contributed by atoms with E-state index in [1.807, 2.05) is 36.4 Å². The number of carbonyl (C=O) groups excluding carboxylic acids is 2. The summed E-state index contributed by atoms with van der Waals surface area (Å²) in [6.45, 7) is 1.25. The van der Waals surface area contributed by atoms with Gasteiger partial charge in [-0.15, -0.1) is 0 Å². The van der Waals surface area contributed by atoms with E-state index in [1.165, 1.54) is 11.3 Å². The van der Waals surface area contributed by atoms with Crippen molar-refractivity contribution >= 4 is 22.6 Å². The van der Waals surface area contributed by atoms with Gasteiger partial charge in [0.25, 0.3) is 11.8 Å². The molecule has 3 rings (SSSR count). The molecule has 0 unspecified atom stereocenters. The highest BCUT2D eigenvalue weighted by atomic mass is 16.2. The Morgan fingerprint density at radius 2 is 1.29 bits per heavy atom. The molecule has 0 spiro atoms. The summed E-state index contributed by atoms with van der Waals surface area (Å²) in [6.07, 6.45) is 6.42. The van der Waals surface area contributed by atoms with Crippen molar-refractivity contribution in [3.8, 4) is 0 Å². The van der Waals surface area contributed by atoms with Gasteiger partial charge in [0.15, 0.2) is 0 Å². The number of carbonyl (C=O) groups is 2. The van der Waals surface area contributed by atoms with Gasteiger partial charge in [-0.2, -0.15) is 0 Å². The monoisotopic (exact) mass is 324 g/mol. The quantitative estimate of drug-likeness (QED) is 0.594. The summed E-state index contributed by atoms with van der Waals surface area (Å²) < 4.78 is 0. The van der Waals surface area contributed by atoms with Crippen LogP contribution in [0.25, 0.3) is 10.8 Å². The number of imide groups is 1.